The summed E-state index contributed by atoms with van der Waals surface area (Å²) < 4.78 is 29.3. The molecule has 4 aromatic rings. The zero-order valence-corrected chi connectivity index (χ0v) is 17.7. The molecule has 0 saturated carbocycles. The normalized spacial score (nSPS) is 18.2. The Kier molecular flexibility index (Phi) is 4.53. The second-order valence-corrected chi connectivity index (χ2v) is 10.1. The fourth-order valence-corrected chi connectivity index (χ4v) is 6.34. The fraction of sp³-hybridized carbons (Fsp3) is 0.143. The van der Waals surface area contributed by atoms with Gasteiger partial charge in [-0.15, -0.1) is 5.10 Å². The molecule has 0 fully saturated rings. The van der Waals surface area contributed by atoms with E-state index in [0.29, 0.717) is 5.16 Å². The number of nitrogen functional groups attached to an aromatic ring is 1. The van der Waals surface area contributed by atoms with Crippen molar-refractivity contribution < 1.29 is 8.42 Å². The first-order valence-corrected chi connectivity index (χ1v) is 11.7. The molecule has 1 heterocycles. The van der Waals surface area contributed by atoms with Crippen LogP contribution in [0.25, 0.3) is 10.8 Å². The van der Waals surface area contributed by atoms with Crippen molar-refractivity contribution in [3.63, 3.8) is 0 Å². The van der Waals surface area contributed by atoms with Gasteiger partial charge in [0.05, 0.1) is 16.2 Å². The number of anilines is 1. The van der Waals surface area contributed by atoms with Gasteiger partial charge in [-0.1, -0.05) is 65.9 Å². The first-order chi connectivity index (χ1) is 14.4. The number of hydrogen-bond acceptors (Lipinski definition) is 6. The molecule has 5 rings (SSSR count). The van der Waals surface area contributed by atoms with Gasteiger partial charge >= 0.3 is 0 Å². The number of rotatable bonds is 5. The van der Waals surface area contributed by atoms with Crippen LogP contribution < -0.4 is 10.5 Å². The maximum Gasteiger partial charge on any atom is 0.241 e. The Labute approximate surface area is 178 Å². The summed E-state index contributed by atoms with van der Waals surface area (Å²) in [7, 11) is -3.73. The third-order valence-electron chi connectivity index (χ3n) is 5.24. The van der Waals surface area contributed by atoms with E-state index in [1.165, 1.54) is 11.8 Å². The van der Waals surface area contributed by atoms with Gasteiger partial charge in [0.25, 0.3) is 0 Å². The summed E-state index contributed by atoms with van der Waals surface area (Å²) in [5.41, 5.74) is 8.68. The predicted octanol–water partition coefficient (Wildman–Crippen LogP) is 3.72. The molecule has 0 spiro atoms. The Bertz CT molecular complexity index is 1340. The topological polar surface area (TPSA) is 114 Å². The Morgan fingerprint density at radius 1 is 1.03 bits per heavy atom. The summed E-state index contributed by atoms with van der Waals surface area (Å²) in [5, 5.41) is 9.15. The van der Waals surface area contributed by atoms with Gasteiger partial charge in [0.2, 0.25) is 21.1 Å². The van der Waals surface area contributed by atoms with Gasteiger partial charge in [0, 0.05) is 0 Å². The van der Waals surface area contributed by atoms with Gasteiger partial charge in [-0.2, -0.15) is 4.98 Å². The van der Waals surface area contributed by atoms with Crippen LogP contribution in [0.3, 0.4) is 0 Å². The standard InChI is InChI=1S/C21H19N5O2S2/c1-12-8-10-14(11-9-12)30(27,28)26-18-15-6-2-4-13-5-3-7-16(17(13)15)19(18)29-21-23-20(22)24-25-21/h2-11,18-19,26H,1H3,(H3,22,23,24,25)/t18-,19-/m0/s1. The summed E-state index contributed by atoms with van der Waals surface area (Å²) in [5.74, 6) is 0.225. The number of benzene rings is 3. The van der Waals surface area contributed by atoms with Gasteiger partial charge < -0.3 is 5.73 Å². The van der Waals surface area contributed by atoms with Crippen molar-refractivity contribution in [1.29, 1.82) is 0 Å². The van der Waals surface area contributed by atoms with E-state index < -0.39 is 16.1 Å². The fourth-order valence-electron chi connectivity index (χ4n) is 3.87. The number of nitrogens with one attached hydrogen (secondary N) is 2. The second-order valence-electron chi connectivity index (χ2n) is 7.25. The van der Waals surface area contributed by atoms with E-state index >= 15 is 0 Å². The highest BCUT2D eigenvalue weighted by molar-refractivity contribution is 7.99. The zero-order chi connectivity index (χ0) is 20.9. The molecular formula is C21H19N5O2S2. The Morgan fingerprint density at radius 2 is 1.73 bits per heavy atom. The SMILES string of the molecule is Cc1ccc(S(=O)(=O)N[C@H]2c3cccc4cccc(c34)[C@@H]2Sc2n[nH]c(N)n2)cc1. The average Bonchev–Trinajstić information content (AvgIpc) is 3.26. The summed E-state index contributed by atoms with van der Waals surface area (Å²) in [6.45, 7) is 1.92. The minimum atomic E-state index is -3.73. The van der Waals surface area contributed by atoms with Crippen LogP contribution in [0.15, 0.2) is 70.7 Å². The zero-order valence-electron chi connectivity index (χ0n) is 16.0. The number of nitrogens with two attached hydrogens (primary N) is 1. The Balaban J connectivity index is 1.59. The van der Waals surface area contributed by atoms with Crippen LogP contribution in [0.1, 0.15) is 28.0 Å². The molecule has 0 unspecified atom stereocenters. The maximum atomic E-state index is 13.2. The first-order valence-electron chi connectivity index (χ1n) is 9.37. The molecule has 152 valence electrons. The molecule has 9 heteroatoms. The van der Waals surface area contributed by atoms with Gasteiger partial charge in [-0.25, -0.2) is 18.2 Å². The van der Waals surface area contributed by atoms with Crippen LogP contribution in [0, 0.1) is 6.92 Å². The monoisotopic (exact) mass is 437 g/mol. The number of hydrogen-bond donors (Lipinski definition) is 3. The maximum absolute atomic E-state index is 13.2. The van der Waals surface area contributed by atoms with E-state index in [-0.39, 0.29) is 16.1 Å². The number of sulfonamides is 1. The van der Waals surface area contributed by atoms with E-state index in [4.69, 9.17) is 5.73 Å². The van der Waals surface area contributed by atoms with Crippen molar-refractivity contribution >= 4 is 38.5 Å². The van der Waals surface area contributed by atoms with E-state index in [1.54, 1.807) is 24.3 Å². The molecule has 0 saturated heterocycles. The molecule has 0 bridgehead atoms. The molecular weight excluding hydrogens is 418 g/mol. The molecule has 1 aromatic heterocycles. The molecule has 4 N–H and O–H groups in total. The van der Waals surface area contributed by atoms with Crippen LogP contribution in [-0.2, 0) is 10.0 Å². The highest BCUT2D eigenvalue weighted by Crippen LogP contribution is 2.52. The van der Waals surface area contributed by atoms with Crippen molar-refractivity contribution in [1.82, 2.24) is 19.9 Å². The number of thioether (sulfide) groups is 1. The summed E-state index contributed by atoms with van der Waals surface area (Å²) in [4.78, 5) is 4.43. The molecule has 2 atom stereocenters. The van der Waals surface area contributed by atoms with Gasteiger partial charge in [0.1, 0.15) is 0 Å². The molecule has 0 amide bonds. The van der Waals surface area contributed by atoms with Crippen LogP contribution >= 0.6 is 11.8 Å². The lowest BCUT2D eigenvalue weighted by atomic mass is 10.1. The second kappa shape index (κ2) is 7.12. The summed E-state index contributed by atoms with van der Waals surface area (Å²) in [6, 6.07) is 18.4. The summed E-state index contributed by atoms with van der Waals surface area (Å²) in [6.07, 6.45) is 0. The number of aryl methyl sites for hydroxylation is 1. The van der Waals surface area contributed by atoms with Crippen molar-refractivity contribution in [2.75, 3.05) is 5.73 Å². The lowest BCUT2D eigenvalue weighted by molar-refractivity contribution is 0.557. The van der Waals surface area contributed by atoms with Crippen LogP contribution in [0.5, 0.6) is 0 Å². The van der Waals surface area contributed by atoms with E-state index in [1.807, 2.05) is 43.3 Å². The van der Waals surface area contributed by atoms with Crippen LogP contribution in [-0.4, -0.2) is 23.6 Å². The number of H-pyrrole nitrogens is 1. The van der Waals surface area contributed by atoms with Crippen LogP contribution in [0.2, 0.25) is 0 Å². The predicted molar refractivity (Wildman–Crippen MR) is 118 cm³/mol. The van der Waals surface area contributed by atoms with Crippen molar-refractivity contribution in [3.05, 3.63) is 77.4 Å². The summed E-state index contributed by atoms with van der Waals surface area (Å²) >= 11 is 1.39. The molecule has 30 heavy (non-hydrogen) atoms. The molecule has 1 aliphatic rings. The smallest absolute Gasteiger partial charge is 0.241 e. The van der Waals surface area contributed by atoms with Gasteiger partial charge in [-0.05, 0) is 41.0 Å². The average molecular weight is 438 g/mol. The number of aromatic nitrogens is 3. The molecule has 0 aliphatic heterocycles. The molecule has 7 nitrogen and oxygen atoms in total. The molecule has 0 radical (unpaired) electrons. The highest BCUT2D eigenvalue weighted by atomic mass is 32.2. The lowest BCUT2D eigenvalue weighted by Gasteiger charge is -2.21. The lowest BCUT2D eigenvalue weighted by Crippen LogP contribution is -2.30. The van der Waals surface area contributed by atoms with Crippen LogP contribution in [0.4, 0.5) is 5.95 Å². The Hall–Kier alpha value is -2.88. The third kappa shape index (κ3) is 3.24. The van der Waals surface area contributed by atoms with Crippen molar-refractivity contribution in [3.8, 4) is 0 Å². The highest BCUT2D eigenvalue weighted by Gasteiger charge is 2.38. The molecule has 3 aromatic carbocycles. The van der Waals surface area contributed by atoms with Crippen molar-refractivity contribution in [2.24, 2.45) is 0 Å². The van der Waals surface area contributed by atoms with E-state index in [0.717, 1.165) is 27.5 Å². The van der Waals surface area contributed by atoms with Gasteiger partial charge in [-0.3, -0.25) is 0 Å². The quantitative estimate of drug-likeness (QED) is 0.439. The first kappa shape index (κ1) is 19.1. The van der Waals surface area contributed by atoms with Crippen molar-refractivity contribution in [2.45, 2.75) is 28.3 Å². The third-order valence-corrected chi connectivity index (χ3v) is 7.87. The van der Waals surface area contributed by atoms with E-state index in [9.17, 15) is 8.42 Å². The van der Waals surface area contributed by atoms with Gasteiger partial charge in [0.15, 0.2) is 0 Å². The Morgan fingerprint density at radius 3 is 2.40 bits per heavy atom. The number of nitrogens with zero attached hydrogens (tertiary/aromatic N) is 2. The molecule has 1 aliphatic carbocycles. The minimum absolute atomic E-state index is 0.225. The van der Waals surface area contributed by atoms with E-state index in [2.05, 4.69) is 19.9 Å². The number of aromatic amines is 1. The largest absolute Gasteiger partial charge is 0.368 e. The minimum Gasteiger partial charge on any atom is -0.368 e.